The molecule has 2 aromatic heterocycles. The SMILES string of the molecule is CCCCOC(=O)NCCCNC(=O)c1ccc2[nH]nc(-c3nc4ccc(C(=O)N5CCOCC5)cc4[nH]3)c2c1. The van der Waals surface area contributed by atoms with Crippen molar-refractivity contribution in [3.05, 3.63) is 47.5 Å². The lowest BCUT2D eigenvalue weighted by Crippen LogP contribution is -2.40. The van der Waals surface area contributed by atoms with E-state index in [0.717, 1.165) is 29.3 Å². The minimum Gasteiger partial charge on any atom is -0.450 e. The van der Waals surface area contributed by atoms with Gasteiger partial charge in [-0.3, -0.25) is 14.7 Å². The van der Waals surface area contributed by atoms with Gasteiger partial charge in [0.15, 0.2) is 5.82 Å². The summed E-state index contributed by atoms with van der Waals surface area (Å²) in [6.07, 6.45) is 1.92. The predicted molar refractivity (Wildman–Crippen MR) is 149 cm³/mol. The van der Waals surface area contributed by atoms with E-state index in [1.807, 2.05) is 13.0 Å². The van der Waals surface area contributed by atoms with Gasteiger partial charge in [0, 0.05) is 42.7 Å². The molecule has 40 heavy (non-hydrogen) atoms. The van der Waals surface area contributed by atoms with E-state index in [4.69, 9.17) is 9.47 Å². The maximum Gasteiger partial charge on any atom is 0.407 e. The fourth-order valence-electron chi connectivity index (χ4n) is 4.48. The number of alkyl carbamates (subject to hydrolysis) is 1. The Morgan fingerprint density at radius 3 is 2.62 bits per heavy atom. The minimum absolute atomic E-state index is 0.0371. The predicted octanol–water partition coefficient (Wildman–Crippen LogP) is 3.22. The summed E-state index contributed by atoms with van der Waals surface area (Å²) in [5, 5.41) is 13.7. The van der Waals surface area contributed by atoms with E-state index in [-0.39, 0.29) is 11.8 Å². The maximum absolute atomic E-state index is 12.9. The molecular formula is C28H33N7O5. The third-order valence-corrected chi connectivity index (χ3v) is 6.72. The van der Waals surface area contributed by atoms with Crippen molar-refractivity contribution in [2.45, 2.75) is 26.2 Å². The van der Waals surface area contributed by atoms with Gasteiger partial charge in [0.05, 0.1) is 36.4 Å². The Morgan fingerprint density at radius 1 is 1.00 bits per heavy atom. The summed E-state index contributed by atoms with van der Waals surface area (Å²) in [5.41, 5.74) is 3.84. The van der Waals surface area contributed by atoms with Crippen molar-refractivity contribution >= 4 is 39.8 Å². The first-order chi connectivity index (χ1) is 19.5. The van der Waals surface area contributed by atoms with Gasteiger partial charge >= 0.3 is 6.09 Å². The topological polar surface area (TPSA) is 154 Å². The van der Waals surface area contributed by atoms with Crippen LogP contribution < -0.4 is 10.6 Å². The van der Waals surface area contributed by atoms with Gasteiger partial charge in [0.25, 0.3) is 11.8 Å². The van der Waals surface area contributed by atoms with E-state index in [2.05, 4.69) is 30.8 Å². The monoisotopic (exact) mass is 547 g/mol. The van der Waals surface area contributed by atoms with E-state index in [1.54, 1.807) is 35.2 Å². The molecule has 1 aliphatic rings. The number of H-pyrrole nitrogens is 2. The number of carbonyl (C=O) groups excluding carboxylic acids is 3. The summed E-state index contributed by atoms with van der Waals surface area (Å²) in [7, 11) is 0. The van der Waals surface area contributed by atoms with Crippen LogP contribution in [0.4, 0.5) is 4.79 Å². The van der Waals surface area contributed by atoms with Crippen LogP contribution in [0.3, 0.4) is 0 Å². The van der Waals surface area contributed by atoms with Crippen LogP contribution in [-0.4, -0.2) is 89.0 Å². The van der Waals surface area contributed by atoms with Crippen molar-refractivity contribution < 1.29 is 23.9 Å². The molecule has 0 unspecified atom stereocenters. The quantitative estimate of drug-likeness (QED) is 0.222. The Hall–Kier alpha value is -4.45. The molecule has 3 amide bonds. The van der Waals surface area contributed by atoms with E-state index in [0.29, 0.717) is 80.6 Å². The molecule has 1 fully saturated rings. The standard InChI is InChI=1S/C28H33N7O5/c1-2-3-13-40-28(38)30-10-4-9-29-26(36)18-5-7-21-20(16-18)24(34-33-21)25-31-22-8-6-19(17-23(22)32-25)27(37)35-11-14-39-15-12-35/h5-8,16-17H,2-4,9-15H2,1H3,(H,29,36)(H,30,38)(H,31,32)(H,33,34). The Bertz CT molecular complexity index is 1510. The molecule has 5 rings (SSSR count). The smallest absolute Gasteiger partial charge is 0.407 e. The zero-order valence-corrected chi connectivity index (χ0v) is 22.4. The van der Waals surface area contributed by atoms with E-state index in [9.17, 15) is 14.4 Å². The maximum atomic E-state index is 12.9. The Balaban J connectivity index is 1.23. The summed E-state index contributed by atoms with van der Waals surface area (Å²) >= 11 is 0. The molecule has 0 atom stereocenters. The number of aromatic amines is 2. The van der Waals surface area contributed by atoms with Crippen molar-refractivity contribution in [1.82, 2.24) is 35.7 Å². The highest BCUT2D eigenvalue weighted by atomic mass is 16.5. The third-order valence-electron chi connectivity index (χ3n) is 6.72. The number of aromatic nitrogens is 4. The number of hydrogen-bond acceptors (Lipinski definition) is 7. The number of amides is 3. The number of fused-ring (bicyclic) bond motifs is 2. The Kier molecular flexibility index (Phi) is 8.55. The molecule has 4 N–H and O–H groups in total. The fourth-order valence-corrected chi connectivity index (χ4v) is 4.48. The summed E-state index contributed by atoms with van der Waals surface area (Å²) < 4.78 is 10.4. The average molecular weight is 548 g/mol. The van der Waals surface area contributed by atoms with Gasteiger partial charge in [-0.15, -0.1) is 0 Å². The first-order valence-corrected chi connectivity index (χ1v) is 13.6. The second-order valence-corrected chi connectivity index (χ2v) is 9.58. The molecule has 0 radical (unpaired) electrons. The number of unbranched alkanes of at least 4 members (excludes halogenated alkanes) is 1. The minimum atomic E-state index is -0.441. The van der Waals surface area contributed by atoms with Crippen LogP contribution in [0.25, 0.3) is 33.5 Å². The van der Waals surface area contributed by atoms with Crippen LogP contribution in [0.2, 0.25) is 0 Å². The van der Waals surface area contributed by atoms with Crippen molar-refractivity contribution in [3.8, 4) is 11.5 Å². The molecule has 0 spiro atoms. The first kappa shape index (κ1) is 27.1. The van der Waals surface area contributed by atoms with E-state index in [1.165, 1.54) is 0 Å². The van der Waals surface area contributed by atoms with Gasteiger partial charge in [-0.2, -0.15) is 5.10 Å². The number of hydrogen-bond donors (Lipinski definition) is 4. The van der Waals surface area contributed by atoms with E-state index < -0.39 is 6.09 Å². The molecule has 2 aromatic carbocycles. The molecule has 1 saturated heterocycles. The number of imidazole rings is 1. The lowest BCUT2D eigenvalue weighted by atomic mass is 10.1. The molecule has 210 valence electrons. The van der Waals surface area contributed by atoms with Gasteiger partial charge in [-0.05, 0) is 49.2 Å². The second kappa shape index (κ2) is 12.6. The Labute approximate surface area is 230 Å². The normalized spacial score (nSPS) is 13.5. The molecule has 3 heterocycles. The second-order valence-electron chi connectivity index (χ2n) is 9.58. The zero-order valence-electron chi connectivity index (χ0n) is 22.4. The molecule has 4 aromatic rings. The third kappa shape index (κ3) is 6.23. The molecule has 0 saturated carbocycles. The number of benzene rings is 2. The van der Waals surface area contributed by atoms with Crippen LogP contribution in [-0.2, 0) is 9.47 Å². The van der Waals surface area contributed by atoms with Crippen molar-refractivity contribution in [3.63, 3.8) is 0 Å². The highest BCUT2D eigenvalue weighted by molar-refractivity contribution is 6.02. The molecule has 1 aliphatic heterocycles. The number of rotatable bonds is 10. The lowest BCUT2D eigenvalue weighted by molar-refractivity contribution is 0.0303. The zero-order chi connectivity index (χ0) is 27.9. The molecule has 12 heteroatoms. The number of ether oxygens (including phenoxy) is 2. The van der Waals surface area contributed by atoms with Gasteiger partial charge in [0.2, 0.25) is 0 Å². The largest absolute Gasteiger partial charge is 0.450 e. The van der Waals surface area contributed by atoms with Crippen molar-refractivity contribution in [2.75, 3.05) is 46.0 Å². The number of morpholine rings is 1. The summed E-state index contributed by atoms with van der Waals surface area (Å²) in [5.74, 6) is 0.270. The molecule has 12 nitrogen and oxygen atoms in total. The number of nitrogens with zero attached hydrogens (tertiary/aromatic N) is 3. The fraction of sp³-hybridized carbons (Fsp3) is 0.393. The first-order valence-electron chi connectivity index (χ1n) is 13.6. The van der Waals surface area contributed by atoms with Crippen LogP contribution in [0, 0.1) is 0 Å². The summed E-state index contributed by atoms with van der Waals surface area (Å²) in [4.78, 5) is 47.0. The highest BCUT2D eigenvalue weighted by Gasteiger charge is 2.20. The van der Waals surface area contributed by atoms with E-state index >= 15 is 0 Å². The van der Waals surface area contributed by atoms with Crippen LogP contribution in [0.15, 0.2) is 36.4 Å². The van der Waals surface area contributed by atoms with Crippen molar-refractivity contribution in [1.29, 1.82) is 0 Å². The Morgan fingerprint density at radius 2 is 1.80 bits per heavy atom. The highest BCUT2D eigenvalue weighted by Crippen LogP contribution is 2.27. The van der Waals surface area contributed by atoms with Crippen LogP contribution in [0.5, 0.6) is 0 Å². The van der Waals surface area contributed by atoms with Gasteiger partial charge in [-0.1, -0.05) is 13.3 Å². The summed E-state index contributed by atoms with van der Waals surface area (Å²) in [6.45, 7) is 5.47. The van der Waals surface area contributed by atoms with Crippen LogP contribution in [0.1, 0.15) is 46.9 Å². The number of nitrogens with one attached hydrogen (secondary N) is 4. The number of carbonyl (C=O) groups is 3. The van der Waals surface area contributed by atoms with Crippen molar-refractivity contribution in [2.24, 2.45) is 0 Å². The lowest BCUT2D eigenvalue weighted by Gasteiger charge is -2.26. The molecular weight excluding hydrogens is 514 g/mol. The average Bonchev–Trinajstić information content (AvgIpc) is 3.60. The van der Waals surface area contributed by atoms with Gasteiger partial charge in [-0.25, -0.2) is 9.78 Å². The summed E-state index contributed by atoms with van der Waals surface area (Å²) in [6, 6.07) is 10.7. The molecule has 0 aliphatic carbocycles. The van der Waals surface area contributed by atoms with Crippen LogP contribution >= 0.6 is 0 Å². The van der Waals surface area contributed by atoms with Gasteiger partial charge < -0.3 is 30.0 Å². The van der Waals surface area contributed by atoms with Gasteiger partial charge in [0.1, 0.15) is 5.69 Å². The molecule has 0 bridgehead atoms.